The van der Waals surface area contributed by atoms with Crippen LogP contribution < -0.4 is 5.73 Å². The number of hydrogen-bond donors (Lipinski definition) is 1. The van der Waals surface area contributed by atoms with Crippen LogP contribution in [0.15, 0.2) is 24.3 Å². The molecule has 2 aromatic rings. The fraction of sp³-hybridized carbons (Fsp3) is 0.357. The summed E-state index contributed by atoms with van der Waals surface area (Å²) in [5, 5.41) is 4.42. The first-order chi connectivity index (χ1) is 8.49. The largest absolute Gasteiger partial charge is 0.324 e. The Morgan fingerprint density at radius 1 is 1.28 bits per heavy atom. The van der Waals surface area contributed by atoms with Crippen molar-refractivity contribution < 1.29 is 0 Å². The van der Waals surface area contributed by atoms with E-state index in [4.69, 9.17) is 5.73 Å². The van der Waals surface area contributed by atoms with E-state index in [-0.39, 0.29) is 6.04 Å². The number of nitrogens with two attached hydrogens (primary N) is 1. The summed E-state index contributed by atoms with van der Waals surface area (Å²) >= 11 is 2.31. The first kappa shape index (κ1) is 13.5. The monoisotopic (exact) mass is 355 g/mol. The second kappa shape index (κ2) is 5.40. The third kappa shape index (κ3) is 2.75. The van der Waals surface area contributed by atoms with Crippen LogP contribution in [0.2, 0.25) is 0 Å². The molecule has 0 fully saturated rings. The van der Waals surface area contributed by atoms with Crippen LogP contribution in [0.5, 0.6) is 0 Å². The topological polar surface area (TPSA) is 43.8 Å². The Kier molecular flexibility index (Phi) is 4.07. The number of aryl methyl sites for hydroxylation is 2. The molecule has 1 heterocycles. The summed E-state index contributed by atoms with van der Waals surface area (Å²) in [6, 6.07) is 8.53. The van der Waals surface area contributed by atoms with Crippen LogP contribution in [0, 0.1) is 17.4 Å². The van der Waals surface area contributed by atoms with Gasteiger partial charge in [-0.1, -0.05) is 12.1 Å². The van der Waals surface area contributed by atoms with Crippen LogP contribution in [0.1, 0.15) is 28.6 Å². The van der Waals surface area contributed by atoms with Gasteiger partial charge in [-0.05, 0) is 60.6 Å². The molecule has 1 atom stereocenters. The second-order valence-electron chi connectivity index (χ2n) is 4.65. The Morgan fingerprint density at radius 3 is 2.39 bits per heavy atom. The zero-order valence-corrected chi connectivity index (χ0v) is 13.1. The number of nitrogens with zero attached hydrogens (tertiary/aromatic N) is 2. The normalized spacial score (nSPS) is 12.7. The summed E-state index contributed by atoms with van der Waals surface area (Å²) in [6.07, 6.45) is 0.851. The van der Waals surface area contributed by atoms with Gasteiger partial charge >= 0.3 is 0 Å². The molecule has 0 saturated heterocycles. The molecule has 4 heteroatoms. The van der Waals surface area contributed by atoms with Crippen molar-refractivity contribution in [1.29, 1.82) is 0 Å². The van der Waals surface area contributed by atoms with Crippen LogP contribution in [0.4, 0.5) is 0 Å². The third-order valence-electron chi connectivity index (χ3n) is 3.30. The predicted octanol–water partition coefficient (Wildman–Crippen LogP) is 2.88. The Labute approximate surface area is 122 Å². The fourth-order valence-electron chi connectivity index (χ4n) is 2.30. The number of rotatable bonds is 3. The SMILES string of the molecule is Cc1nn(C)c(C)c1C(N)Cc1ccc(I)cc1. The van der Waals surface area contributed by atoms with Crippen molar-refractivity contribution in [2.24, 2.45) is 12.8 Å². The summed E-state index contributed by atoms with van der Waals surface area (Å²) in [7, 11) is 1.96. The number of benzene rings is 1. The highest BCUT2D eigenvalue weighted by atomic mass is 127. The first-order valence-electron chi connectivity index (χ1n) is 5.99. The highest BCUT2D eigenvalue weighted by Gasteiger charge is 2.16. The summed E-state index contributed by atoms with van der Waals surface area (Å²) in [4.78, 5) is 0. The minimum absolute atomic E-state index is 0.0127. The minimum Gasteiger partial charge on any atom is -0.324 e. The Bertz CT molecular complexity index is 543. The summed E-state index contributed by atoms with van der Waals surface area (Å²) in [6.45, 7) is 4.10. The highest BCUT2D eigenvalue weighted by Crippen LogP contribution is 2.22. The van der Waals surface area contributed by atoms with Gasteiger partial charge in [0.15, 0.2) is 0 Å². The van der Waals surface area contributed by atoms with E-state index in [1.807, 2.05) is 18.7 Å². The zero-order valence-electron chi connectivity index (χ0n) is 10.9. The Balaban J connectivity index is 2.21. The van der Waals surface area contributed by atoms with Crippen LogP contribution in [0.3, 0.4) is 0 Å². The summed E-state index contributed by atoms with van der Waals surface area (Å²) in [5.41, 5.74) is 11.0. The quantitative estimate of drug-likeness (QED) is 0.861. The second-order valence-corrected chi connectivity index (χ2v) is 5.89. The van der Waals surface area contributed by atoms with Gasteiger partial charge < -0.3 is 5.73 Å². The molecule has 18 heavy (non-hydrogen) atoms. The number of halogens is 1. The molecule has 0 bridgehead atoms. The van der Waals surface area contributed by atoms with E-state index >= 15 is 0 Å². The third-order valence-corrected chi connectivity index (χ3v) is 4.02. The average molecular weight is 355 g/mol. The van der Waals surface area contributed by atoms with Crippen molar-refractivity contribution in [1.82, 2.24) is 9.78 Å². The molecular weight excluding hydrogens is 337 g/mol. The van der Waals surface area contributed by atoms with E-state index in [1.54, 1.807) is 0 Å². The van der Waals surface area contributed by atoms with Gasteiger partial charge in [0.05, 0.1) is 5.69 Å². The molecule has 0 aliphatic carbocycles. The van der Waals surface area contributed by atoms with Gasteiger partial charge in [0.1, 0.15) is 0 Å². The molecule has 0 aliphatic rings. The van der Waals surface area contributed by atoms with E-state index in [9.17, 15) is 0 Å². The van der Waals surface area contributed by atoms with Crippen molar-refractivity contribution in [3.63, 3.8) is 0 Å². The molecule has 96 valence electrons. The lowest BCUT2D eigenvalue weighted by molar-refractivity contribution is 0.700. The lowest BCUT2D eigenvalue weighted by Crippen LogP contribution is -2.15. The van der Waals surface area contributed by atoms with Gasteiger partial charge in [-0.2, -0.15) is 5.10 Å². The van der Waals surface area contributed by atoms with E-state index in [2.05, 4.69) is 58.9 Å². The van der Waals surface area contributed by atoms with Crippen molar-refractivity contribution in [2.45, 2.75) is 26.3 Å². The molecule has 0 radical (unpaired) electrons. The Hall–Kier alpha value is -0.880. The lowest BCUT2D eigenvalue weighted by Gasteiger charge is -2.12. The van der Waals surface area contributed by atoms with Crippen LogP contribution in [-0.4, -0.2) is 9.78 Å². The van der Waals surface area contributed by atoms with Gasteiger partial charge in [-0.3, -0.25) is 4.68 Å². The summed E-state index contributed by atoms with van der Waals surface area (Å²) < 4.78 is 3.15. The van der Waals surface area contributed by atoms with Crippen molar-refractivity contribution in [3.05, 3.63) is 50.4 Å². The van der Waals surface area contributed by atoms with E-state index < -0.39 is 0 Å². The van der Waals surface area contributed by atoms with Gasteiger partial charge in [-0.15, -0.1) is 0 Å². The number of hydrogen-bond acceptors (Lipinski definition) is 2. The molecule has 0 amide bonds. The first-order valence-corrected chi connectivity index (χ1v) is 7.07. The van der Waals surface area contributed by atoms with Crippen molar-refractivity contribution in [2.75, 3.05) is 0 Å². The lowest BCUT2D eigenvalue weighted by atomic mass is 9.98. The maximum Gasteiger partial charge on any atom is 0.0644 e. The molecular formula is C14H18IN3. The van der Waals surface area contributed by atoms with Crippen LogP contribution in [0.25, 0.3) is 0 Å². The molecule has 0 saturated carbocycles. The van der Waals surface area contributed by atoms with E-state index in [1.165, 1.54) is 14.7 Å². The smallest absolute Gasteiger partial charge is 0.0644 e. The Morgan fingerprint density at radius 2 is 1.89 bits per heavy atom. The maximum absolute atomic E-state index is 6.32. The van der Waals surface area contributed by atoms with Gasteiger partial charge in [-0.25, -0.2) is 0 Å². The fourth-order valence-corrected chi connectivity index (χ4v) is 2.66. The van der Waals surface area contributed by atoms with Crippen molar-refractivity contribution >= 4 is 22.6 Å². The van der Waals surface area contributed by atoms with Crippen LogP contribution in [-0.2, 0) is 13.5 Å². The molecule has 1 aromatic carbocycles. The van der Waals surface area contributed by atoms with Gasteiger partial charge in [0.25, 0.3) is 0 Å². The molecule has 2 N–H and O–H groups in total. The molecule has 0 aliphatic heterocycles. The zero-order chi connectivity index (χ0) is 13.3. The standard InChI is InChI=1S/C14H18IN3/c1-9-14(10(2)18(3)17-9)13(16)8-11-4-6-12(15)7-5-11/h4-7,13H,8,16H2,1-3H3. The molecule has 0 spiro atoms. The van der Waals surface area contributed by atoms with Gasteiger partial charge in [0, 0.05) is 27.9 Å². The molecule has 2 rings (SSSR count). The molecule has 3 nitrogen and oxygen atoms in total. The maximum atomic E-state index is 6.32. The summed E-state index contributed by atoms with van der Waals surface area (Å²) in [5.74, 6) is 0. The average Bonchev–Trinajstić information content (AvgIpc) is 2.56. The predicted molar refractivity (Wildman–Crippen MR) is 82.5 cm³/mol. The van der Waals surface area contributed by atoms with E-state index in [0.29, 0.717) is 0 Å². The van der Waals surface area contributed by atoms with Gasteiger partial charge in [0.2, 0.25) is 0 Å². The number of aromatic nitrogens is 2. The van der Waals surface area contributed by atoms with Crippen molar-refractivity contribution in [3.8, 4) is 0 Å². The molecule has 1 unspecified atom stereocenters. The van der Waals surface area contributed by atoms with Crippen LogP contribution >= 0.6 is 22.6 Å². The minimum atomic E-state index is 0.0127. The molecule has 1 aromatic heterocycles. The highest BCUT2D eigenvalue weighted by molar-refractivity contribution is 14.1. The van der Waals surface area contributed by atoms with E-state index in [0.717, 1.165) is 17.8 Å².